The summed E-state index contributed by atoms with van der Waals surface area (Å²) in [4.78, 5) is 4.02. The summed E-state index contributed by atoms with van der Waals surface area (Å²) in [6.45, 7) is 5.18. The van der Waals surface area contributed by atoms with Crippen LogP contribution in [0, 0.1) is 0 Å². The highest BCUT2D eigenvalue weighted by atomic mass is 35.5. The third-order valence-corrected chi connectivity index (χ3v) is 1.44. The van der Waals surface area contributed by atoms with E-state index in [9.17, 15) is 0 Å². The maximum Gasteiger partial charge on any atom is 0.0312 e. The quantitative estimate of drug-likeness (QED) is 0.851. The lowest BCUT2D eigenvalue weighted by molar-refractivity contribution is 0.588. The highest BCUT2D eigenvalue weighted by Crippen LogP contribution is 1.94. The Kier molecular flexibility index (Phi) is 9.68. The van der Waals surface area contributed by atoms with Crippen LogP contribution in [0.4, 0.5) is 0 Å². The minimum atomic E-state index is 0. The minimum absolute atomic E-state index is 0. The van der Waals surface area contributed by atoms with Crippen LogP contribution >= 0.6 is 24.8 Å². The van der Waals surface area contributed by atoms with E-state index in [1.165, 1.54) is 5.56 Å². The second kappa shape index (κ2) is 8.30. The van der Waals surface area contributed by atoms with Gasteiger partial charge in [0.05, 0.1) is 0 Å². The van der Waals surface area contributed by atoms with Gasteiger partial charge in [-0.15, -0.1) is 24.8 Å². The van der Waals surface area contributed by atoms with Crippen LogP contribution in [0.2, 0.25) is 0 Å². The predicted octanol–water partition coefficient (Wildman–Crippen LogP) is 2.42. The largest absolute Gasteiger partial charge is 0.310 e. The Bertz CT molecular complexity index is 202. The molecule has 0 aliphatic carbocycles. The molecule has 0 saturated carbocycles. The molecule has 1 aromatic heterocycles. The average Bonchev–Trinajstić information content (AvgIpc) is 2.03. The van der Waals surface area contributed by atoms with Gasteiger partial charge in [-0.2, -0.15) is 0 Å². The van der Waals surface area contributed by atoms with Crippen molar-refractivity contribution in [2.75, 3.05) is 0 Å². The van der Waals surface area contributed by atoms with Gasteiger partial charge in [-0.05, 0) is 11.6 Å². The van der Waals surface area contributed by atoms with Crippen LogP contribution in [0.25, 0.3) is 0 Å². The maximum absolute atomic E-state index is 4.02. The van der Waals surface area contributed by atoms with Gasteiger partial charge in [0.2, 0.25) is 0 Å². The molecule has 2 nitrogen and oxygen atoms in total. The first-order valence-corrected chi connectivity index (χ1v) is 3.91. The molecular formula is C9H16Cl2N2. The van der Waals surface area contributed by atoms with Gasteiger partial charge in [0.1, 0.15) is 0 Å². The normalized spacial score (nSPS) is 8.85. The molecule has 0 atom stereocenters. The molecule has 0 spiro atoms. The van der Waals surface area contributed by atoms with E-state index in [2.05, 4.69) is 30.2 Å². The van der Waals surface area contributed by atoms with Crippen molar-refractivity contribution in [1.82, 2.24) is 10.3 Å². The molecule has 1 N–H and O–H groups in total. The number of rotatable bonds is 3. The lowest BCUT2D eigenvalue weighted by Gasteiger charge is -2.06. The number of halogens is 2. The number of pyridine rings is 1. The van der Waals surface area contributed by atoms with E-state index >= 15 is 0 Å². The summed E-state index contributed by atoms with van der Waals surface area (Å²) in [7, 11) is 0. The molecule has 0 unspecified atom stereocenters. The Hall–Kier alpha value is -0.310. The summed E-state index contributed by atoms with van der Waals surface area (Å²) < 4.78 is 0. The number of hydrogen-bond donors (Lipinski definition) is 1. The lowest BCUT2D eigenvalue weighted by Crippen LogP contribution is -2.21. The highest BCUT2D eigenvalue weighted by molar-refractivity contribution is 5.85. The van der Waals surface area contributed by atoms with Gasteiger partial charge in [0.15, 0.2) is 0 Å². The Morgan fingerprint density at radius 2 is 2.08 bits per heavy atom. The van der Waals surface area contributed by atoms with Crippen molar-refractivity contribution in [3.8, 4) is 0 Å². The first kappa shape index (κ1) is 15.2. The van der Waals surface area contributed by atoms with Crippen LogP contribution < -0.4 is 5.32 Å². The highest BCUT2D eigenvalue weighted by Gasteiger charge is 1.92. The molecule has 0 radical (unpaired) electrons. The van der Waals surface area contributed by atoms with Crippen LogP contribution in [0.3, 0.4) is 0 Å². The Morgan fingerprint density at radius 1 is 1.38 bits per heavy atom. The van der Waals surface area contributed by atoms with Crippen molar-refractivity contribution in [2.45, 2.75) is 26.4 Å². The third-order valence-electron chi connectivity index (χ3n) is 1.44. The van der Waals surface area contributed by atoms with E-state index in [-0.39, 0.29) is 24.8 Å². The van der Waals surface area contributed by atoms with Crippen LogP contribution in [-0.2, 0) is 6.54 Å². The summed E-state index contributed by atoms with van der Waals surface area (Å²) in [5.41, 5.74) is 1.24. The van der Waals surface area contributed by atoms with Crippen molar-refractivity contribution >= 4 is 24.8 Å². The lowest BCUT2D eigenvalue weighted by atomic mass is 10.2. The monoisotopic (exact) mass is 222 g/mol. The van der Waals surface area contributed by atoms with Gasteiger partial charge in [0, 0.05) is 25.0 Å². The molecule has 1 rings (SSSR count). The van der Waals surface area contributed by atoms with E-state index in [0.29, 0.717) is 6.04 Å². The zero-order valence-electron chi connectivity index (χ0n) is 7.86. The van der Waals surface area contributed by atoms with Gasteiger partial charge in [0.25, 0.3) is 0 Å². The molecule has 0 bridgehead atoms. The molecule has 0 saturated heterocycles. The summed E-state index contributed by atoms with van der Waals surface area (Å²) >= 11 is 0. The van der Waals surface area contributed by atoms with Gasteiger partial charge in [-0.25, -0.2) is 0 Å². The van der Waals surface area contributed by atoms with E-state index in [1.54, 1.807) is 6.20 Å². The second-order valence-electron chi connectivity index (χ2n) is 2.90. The van der Waals surface area contributed by atoms with Gasteiger partial charge < -0.3 is 5.32 Å². The molecule has 0 aromatic carbocycles. The summed E-state index contributed by atoms with van der Waals surface area (Å²) in [5, 5.41) is 3.32. The average molecular weight is 223 g/mol. The molecule has 1 heterocycles. The first-order chi connectivity index (χ1) is 5.29. The molecule has 76 valence electrons. The summed E-state index contributed by atoms with van der Waals surface area (Å²) in [6, 6.07) is 4.56. The van der Waals surface area contributed by atoms with Crippen molar-refractivity contribution < 1.29 is 0 Å². The standard InChI is InChI=1S/C9H14N2.2ClH/c1-8(2)11-7-9-4-3-5-10-6-9;;/h3-6,8,11H,7H2,1-2H3;2*1H. The van der Waals surface area contributed by atoms with Gasteiger partial charge >= 0.3 is 0 Å². The van der Waals surface area contributed by atoms with Crippen LogP contribution in [-0.4, -0.2) is 11.0 Å². The van der Waals surface area contributed by atoms with Crippen molar-refractivity contribution in [2.24, 2.45) is 0 Å². The number of hydrogen-bond acceptors (Lipinski definition) is 2. The molecule has 1 aromatic rings. The Morgan fingerprint density at radius 3 is 2.54 bits per heavy atom. The van der Waals surface area contributed by atoms with Crippen LogP contribution in [0.1, 0.15) is 19.4 Å². The minimum Gasteiger partial charge on any atom is -0.310 e. The first-order valence-electron chi connectivity index (χ1n) is 3.91. The third kappa shape index (κ3) is 6.82. The number of aromatic nitrogens is 1. The van der Waals surface area contributed by atoms with Crippen LogP contribution in [0.5, 0.6) is 0 Å². The van der Waals surface area contributed by atoms with Crippen LogP contribution in [0.15, 0.2) is 24.5 Å². The summed E-state index contributed by atoms with van der Waals surface area (Å²) in [6.07, 6.45) is 3.67. The predicted molar refractivity (Wildman–Crippen MR) is 60.7 cm³/mol. The molecule has 13 heavy (non-hydrogen) atoms. The molecule has 0 aliphatic heterocycles. The molecule has 0 amide bonds. The maximum atomic E-state index is 4.02. The van der Waals surface area contributed by atoms with E-state index in [4.69, 9.17) is 0 Å². The van der Waals surface area contributed by atoms with Crippen molar-refractivity contribution in [3.05, 3.63) is 30.1 Å². The molecule has 0 aliphatic rings. The van der Waals surface area contributed by atoms with E-state index < -0.39 is 0 Å². The van der Waals surface area contributed by atoms with Gasteiger partial charge in [-0.3, -0.25) is 4.98 Å². The summed E-state index contributed by atoms with van der Waals surface area (Å²) in [5.74, 6) is 0. The van der Waals surface area contributed by atoms with E-state index in [0.717, 1.165) is 6.54 Å². The van der Waals surface area contributed by atoms with Crippen molar-refractivity contribution in [3.63, 3.8) is 0 Å². The fourth-order valence-electron chi connectivity index (χ4n) is 0.825. The Balaban J connectivity index is 0. The fourth-order valence-corrected chi connectivity index (χ4v) is 0.825. The topological polar surface area (TPSA) is 24.9 Å². The smallest absolute Gasteiger partial charge is 0.0312 e. The second-order valence-corrected chi connectivity index (χ2v) is 2.90. The molecule has 0 fully saturated rings. The Labute approximate surface area is 92.0 Å². The SMILES string of the molecule is CC(C)NCc1cccnc1.Cl.Cl. The number of nitrogens with one attached hydrogen (secondary N) is 1. The zero-order valence-corrected chi connectivity index (χ0v) is 9.49. The fraction of sp³-hybridized carbons (Fsp3) is 0.444. The molecular weight excluding hydrogens is 207 g/mol. The van der Waals surface area contributed by atoms with E-state index in [1.807, 2.05) is 12.3 Å². The molecule has 4 heteroatoms. The zero-order chi connectivity index (χ0) is 8.10. The van der Waals surface area contributed by atoms with Crippen molar-refractivity contribution in [1.29, 1.82) is 0 Å². The number of nitrogens with zero attached hydrogens (tertiary/aromatic N) is 1. The van der Waals surface area contributed by atoms with Gasteiger partial charge in [-0.1, -0.05) is 19.9 Å².